The van der Waals surface area contributed by atoms with Gasteiger partial charge in [-0.3, -0.25) is 9.69 Å². The maximum Gasteiger partial charge on any atom is 0.254 e. The van der Waals surface area contributed by atoms with E-state index >= 15 is 0 Å². The Morgan fingerprint density at radius 2 is 1.83 bits per heavy atom. The molecular formula is C21H26N4O4S. The number of methoxy groups -OCH3 is 1. The van der Waals surface area contributed by atoms with Crippen LogP contribution in [0.5, 0.6) is 5.75 Å². The molecule has 0 saturated carbocycles. The van der Waals surface area contributed by atoms with E-state index in [1.807, 2.05) is 36.1 Å². The van der Waals surface area contributed by atoms with Crippen LogP contribution in [0.15, 0.2) is 58.5 Å². The summed E-state index contributed by atoms with van der Waals surface area (Å²) >= 11 is 0. The number of aryl methyl sites for hydroxylation is 1. The van der Waals surface area contributed by atoms with Gasteiger partial charge in [0.25, 0.3) is 5.91 Å². The van der Waals surface area contributed by atoms with E-state index < -0.39 is 10.0 Å². The third-order valence-electron chi connectivity index (χ3n) is 4.85. The first-order chi connectivity index (χ1) is 14.4. The summed E-state index contributed by atoms with van der Waals surface area (Å²) in [4.78, 5) is 14.3. The number of rotatable bonds is 7. The van der Waals surface area contributed by atoms with Crippen LogP contribution >= 0.6 is 0 Å². The second-order valence-corrected chi connectivity index (χ2v) is 9.00. The SMILES string of the molecule is COc1cccc(/C=N\NC(=O)CN2CCN(S(=O)(=O)c3ccc(C)cc3)CC2)c1. The molecule has 2 aromatic carbocycles. The third kappa shape index (κ3) is 5.65. The summed E-state index contributed by atoms with van der Waals surface area (Å²) in [6.07, 6.45) is 1.55. The average molecular weight is 431 g/mol. The molecular weight excluding hydrogens is 404 g/mol. The fraction of sp³-hybridized carbons (Fsp3) is 0.333. The Hall–Kier alpha value is -2.75. The second-order valence-electron chi connectivity index (χ2n) is 7.06. The van der Waals surface area contributed by atoms with Gasteiger partial charge in [-0.1, -0.05) is 29.8 Å². The van der Waals surface area contributed by atoms with E-state index in [0.29, 0.717) is 36.8 Å². The zero-order chi connectivity index (χ0) is 21.6. The number of piperazine rings is 1. The number of sulfonamides is 1. The molecule has 0 unspecified atom stereocenters. The molecule has 1 saturated heterocycles. The monoisotopic (exact) mass is 430 g/mol. The summed E-state index contributed by atoms with van der Waals surface area (Å²) in [5.41, 5.74) is 4.33. The van der Waals surface area contributed by atoms with Crippen LogP contribution in [0.4, 0.5) is 0 Å². The van der Waals surface area contributed by atoms with Crippen LogP contribution in [0.25, 0.3) is 0 Å². The highest BCUT2D eigenvalue weighted by Crippen LogP contribution is 2.18. The Kier molecular flexibility index (Phi) is 7.20. The molecule has 1 aliphatic heterocycles. The standard InChI is InChI=1S/C21H26N4O4S/c1-17-6-8-20(9-7-17)30(27,28)25-12-10-24(11-13-25)16-21(26)23-22-15-18-4-3-5-19(14-18)29-2/h3-9,14-15H,10-13,16H2,1-2H3,(H,23,26)/b22-15-. The van der Waals surface area contributed by atoms with Gasteiger partial charge in [0.05, 0.1) is 24.8 Å². The van der Waals surface area contributed by atoms with Gasteiger partial charge in [0.2, 0.25) is 10.0 Å². The predicted octanol–water partition coefficient (Wildman–Crippen LogP) is 1.46. The Balaban J connectivity index is 1.47. The van der Waals surface area contributed by atoms with Crippen molar-refractivity contribution in [2.75, 3.05) is 39.8 Å². The van der Waals surface area contributed by atoms with Crippen molar-refractivity contribution in [2.45, 2.75) is 11.8 Å². The maximum atomic E-state index is 12.7. The van der Waals surface area contributed by atoms with Crippen LogP contribution < -0.4 is 10.2 Å². The lowest BCUT2D eigenvalue weighted by atomic mass is 10.2. The quantitative estimate of drug-likeness (QED) is 0.531. The molecule has 0 bridgehead atoms. The van der Waals surface area contributed by atoms with Gasteiger partial charge in [-0.15, -0.1) is 0 Å². The molecule has 0 radical (unpaired) electrons. The summed E-state index contributed by atoms with van der Waals surface area (Å²) in [6.45, 7) is 3.73. The van der Waals surface area contributed by atoms with E-state index in [1.165, 1.54) is 4.31 Å². The summed E-state index contributed by atoms with van der Waals surface area (Å²) in [5, 5.41) is 3.97. The minimum absolute atomic E-state index is 0.161. The van der Waals surface area contributed by atoms with Crippen LogP contribution in [0.3, 0.4) is 0 Å². The number of nitrogens with zero attached hydrogens (tertiary/aromatic N) is 3. The highest BCUT2D eigenvalue weighted by molar-refractivity contribution is 7.89. The molecule has 0 aromatic heterocycles. The largest absolute Gasteiger partial charge is 0.497 e. The number of amides is 1. The van der Waals surface area contributed by atoms with Gasteiger partial charge in [-0.05, 0) is 36.8 Å². The van der Waals surface area contributed by atoms with E-state index in [9.17, 15) is 13.2 Å². The van der Waals surface area contributed by atoms with Crippen LogP contribution in [0.1, 0.15) is 11.1 Å². The average Bonchev–Trinajstić information content (AvgIpc) is 2.74. The van der Waals surface area contributed by atoms with Crippen molar-refractivity contribution in [1.29, 1.82) is 0 Å². The minimum Gasteiger partial charge on any atom is -0.497 e. The fourth-order valence-electron chi connectivity index (χ4n) is 3.13. The molecule has 8 nitrogen and oxygen atoms in total. The van der Waals surface area contributed by atoms with Gasteiger partial charge in [0.15, 0.2) is 0 Å². The fourth-order valence-corrected chi connectivity index (χ4v) is 4.55. The normalized spacial score (nSPS) is 15.9. The first-order valence-corrected chi connectivity index (χ1v) is 11.1. The number of carbonyl (C=O) groups excluding carboxylic acids is 1. The molecule has 1 N–H and O–H groups in total. The van der Waals surface area contributed by atoms with Gasteiger partial charge >= 0.3 is 0 Å². The number of hydrazone groups is 1. The number of hydrogen-bond donors (Lipinski definition) is 1. The van der Waals surface area contributed by atoms with Gasteiger partial charge < -0.3 is 4.74 Å². The molecule has 3 rings (SSSR count). The smallest absolute Gasteiger partial charge is 0.254 e. The summed E-state index contributed by atoms with van der Waals surface area (Å²) in [7, 11) is -1.92. The Labute approximate surface area is 177 Å². The Bertz CT molecular complexity index is 998. The molecule has 0 aliphatic carbocycles. The van der Waals surface area contributed by atoms with E-state index in [1.54, 1.807) is 37.6 Å². The lowest BCUT2D eigenvalue weighted by molar-refractivity contribution is -0.122. The highest BCUT2D eigenvalue weighted by Gasteiger charge is 2.28. The first kappa shape index (κ1) is 21.9. The molecule has 2 aromatic rings. The zero-order valence-electron chi connectivity index (χ0n) is 17.1. The van der Waals surface area contributed by atoms with Gasteiger partial charge in [0.1, 0.15) is 5.75 Å². The summed E-state index contributed by atoms with van der Waals surface area (Å²) in [6, 6.07) is 14.2. The minimum atomic E-state index is -3.51. The molecule has 0 spiro atoms. The van der Waals surface area contributed by atoms with Crippen LogP contribution in [0.2, 0.25) is 0 Å². The number of benzene rings is 2. The van der Waals surface area contributed by atoms with E-state index in [0.717, 1.165) is 11.1 Å². The van der Waals surface area contributed by atoms with Crippen molar-refractivity contribution in [2.24, 2.45) is 5.10 Å². The number of carbonyl (C=O) groups is 1. The van der Waals surface area contributed by atoms with Gasteiger partial charge in [-0.2, -0.15) is 9.41 Å². The number of ether oxygens (including phenoxy) is 1. The molecule has 1 aliphatic rings. The Morgan fingerprint density at radius 3 is 2.50 bits per heavy atom. The predicted molar refractivity (Wildman–Crippen MR) is 115 cm³/mol. The number of hydrogen-bond acceptors (Lipinski definition) is 6. The van der Waals surface area contributed by atoms with Crippen molar-refractivity contribution < 1.29 is 17.9 Å². The van der Waals surface area contributed by atoms with Crippen molar-refractivity contribution >= 4 is 22.1 Å². The topological polar surface area (TPSA) is 91.3 Å². The van der Waals surface area contributed by atoms with Crippen molar-refractivity contribution in [3.8, 4) is 5.75 Å². The third-order valence-corrected chi connectivity index (χ3v) is 6.77. The molecule has 160 valence electrons. The molecule has 1 heterocycles. The highest BCUT2D eigenvalue weighted by atomic mass is 32.2. The molecule has 1 fully saturated rings. The van der Waals surface area contributed by atoms with Gasteiger partial charge in [0, 0.05) is 26.2 Å². The molecule has 0 atom stereocenters. The molecule has 30 heavy (non-hydrogen) atoms. The Morgan fingerprint density at radius 1 is 1.13 bits per heavy atom. The van der Waals surface area contributed by atoms with Crippen molar-refractivity contribution in [3.05, 3.63) is 59.7 Å². The zero-order valence-corrected chi connectivity index (χ0v) is 17.9. The first-order valence-electron chi connectivity index (χ1n) is 9.63. The van der Waals surface area contributed by atoms with E-state index in [2.05, 4.69) is 10.5 Å². The lowest BCUT2D eigenvalue weighted by Crippen LogP contribution is -2.50. The molecule has 1 amide bonds. The second kappa shape index (κ2) is 9.84. The lowest BCUT2D eigenvalue weighted by Gasteiger charge is -2.33. The molecule has 9 heteroatoms. The van der Waals surface area contributed by atoms with Crippen LogP contribution in [0, 0.1) is 6.92 Å². The maximum absolute atomic E-state index is 12.7. The summed E-state index contributed by atoms with van der Waals surface area (Å²) < 4.78 is 32.1. The van der Waals surface area contributed by atoms with Crippen molar-refractivity contribution in [3.63, 3.8) is 0 Å². The van der Waals surface area contributed by atoms with Crippen LogP contribution in [-0.4, -0.2) is 69.6 Å². The van der Waals surface area contributed by atoms with Crippen LogP contribution in [-0.2, 0) is 14.8 Å². The summed E-state index contributed by atoms with van der Waals surface area (Å²) in [5.74, 6) is 0.465. The van der Waals surface area contributed by atoms with Crippen molar-refractivity contribution in [1.82, 2.24) is 14.6 Å². The van der Waals surface area contributed by atoms with E-state index in [4.69, 9.17) is 4.74 Å². The number of nitrogens with one attached hydrogen (secondary N) is 1. The van der Waals surface area contributed by atoms with E-state index in [-0.39, 0.29) is 12.5 Å². The van der Waals surface area contributed by atoms with Gasteiger partial charge in [-0.25, -0.2) is 13.8 Å².